The van der Waals surface area contributed by atoms with Crippen LogP contribution in [0.2, 0.25) is 0 Å². The molecule has 1 heterocycles. The Labute approximate surface area is 112 Å². The Morgan fingerprint density at radius 2 is 2.22 bits per heavy atom. The molecule has 1 aromatic heterocycles. The molecule has 2 unspecified atom stereocenters. The summed E-state index contributed by atoms with van der Waals surface area (Å²) in [6, 6.07) is 6.85. The van der Waals surface area contributed by atoms with Gasteiger partial charge in [0.05, 0.1) is 11.0 Å². The average Bonchev–Trinajstić information content (AvgIpc) is 2.93. The lowest BCUT2D eigenvalue weighted by Gasteiger charge is -2.15. The van der Waals surface area contributed by atoms with Gasteiger partial charge in [-0.25, -0.2) is 4.98 Å². The molecule has 1 aromatic carbocycles. The van der Waals surface area contributed by atoms with Crippen molar-refractivity contribution in [3.8, 4) is 0 Å². The molecule has 0 saturated heterocycles. The van der Waals surface area contributed by atoms with Crippen molar-refractivity contribution < 1.29 is 0 Å². The first kappa shape index (κ1) is 11.9. The smallest absolute Gasteiger partial charge is 0.201 e. The quantitative estimate of drug-likeness (QED) is 0.901. The maximum Gasteiger partial charge on any atom is 0.201 e. The molecule has 1 aliphatic rings. The molecule has 2 N–H and O–H groups in total. The number of benzene rings is 1. The van der Waals surface area contributed by atoms with Gasteiger partial charge in [-0.1, -0.05) is 12.1 Å². The number of nitrogens with zero attached hydrogens (tertiary/aromatic N) is 2. The summed E-state index contributed by atoms with van der Waals surface area (Å²) in [6.07, 6.45) is 5.92. The van der Waals surface area contributed by atoms with Gasteiger partial charge < -0.3 is 10.3 Å². The van der Waals surface area contributed by atoms with Crippen molar-refractivity contribution in [1.82, 2.24) is 9.55 Å². The molecule has 96 valence electrons. The van der Waals surface area contributed by atoms with E-state index in [1.165, 1.54) is 30.3 Å². The third-order valence-corrected chi connectivity index (χ3v) is 5.10. The highest BCUT2D eigenvalue weighted by Crippen LogP contribution is 2.39. The lowest BCUT2D eigenvalue weighted by atomic mass is 10.2. The molecule has 2 atom stereocenters. The monoisotopic (exact) mass is 261 g/mol. The van der Waals surface area contributed by atoms with Crippen molar-refractivity contribution in [2.24, 2.45) is 0 Å². The van der Waals surface area contributed by atoms with Gasteiger partial charge in [-0.3, -0.25) is 0 Å². The van der Waals surface area contributed by atoms with E-state index < -0.39 is 0 Å². The SMILES string of the molecule is CSC1CCC(n2c(N)nc3c(C)cccc32)C1. The summed E-state index contributed by atoms with van der Waals surface area (Å²) in [5.41, 5.74) is 9.59. The number of para-hydroxylation sites is 1. The van der Waals surface area contributed by atoms with E-state index in [0.717, 1.165) is 10.8 Å². The maximum atomic E-state index is 6.13. The van der Waals surface area contributed by atoms with Gasteiger partial charge in [-0.05, 0) is 44.1 Å². The van der Waals surface area contributed by atoms with Gasteiger partial charge in [-0.2, -0.15) is 11.8 Å². The van der Waals surface area contributed by atoms with Crippen LogP contribution in [0, 0.1) is 6.92 Å². The second-order valence-electron chi connectivity index (χ2n) is 5.11. The van der Waals surface area contributed by atoms with E-state index in [9.17, 15) is 0 Å². The Kier molecular flexibility index (Phi) is 2.98. The van der Waals surface area contributed by atoms with Gasteiger partial charge in [0.25, 0.3) is 0 Å². The highest BCUT2D eigenvalue weighted by Gasteiger charge is 2.27. The fourth-order valence-corrected chi connectivity index (χ4v) is 3.81. The van der Waals surface area contributed by atoms with Crippen LogP contribution in [0.4, 0.5) is 5.95 Å². The summed E-state index contributed by atoms with van der Waals surface area (Å²) < 4.78 is 2.25. The number of fused-ring (bicyclic) bond motifs is 1. The van der Waals surface area contributed by atoms with Crippen molar-refractivity contribution in [2.45, 2.75) is 37.5 Å². The summed E-state index contributed by atoms with van der Waals surface area (Å²) in [7, 11) is 0. The fraction of sp³-hybridized carbons (Fsp3) is 0.500. The summed E-state index contributed by atoms with van der Waals surface area (Å²) in [4.78, 5) is 4.54. The Bertz CT molecular complexity index is 576. The molecule has 3 nitrogen and oxygen atoms in total. The molecular weight excluding hydrogens is 242 g/mol. The third kappa shape index (κ3) is 1.79. The molecule has 2 aromatic rings. The van der Waals surface area contributed by atoms with Gasteiger partial charge >= 0.3 is 0 Å². The van der Waals surface area contributed by atoms with Gasteiger partial charge in [0.2, 0.25) is 5.95 Å². The third-order valence-electron chi connectivity index (χ3n) is 4.00. The molecule has 0 spiro atoms. The van der Waals surface area contributed by atoms with E-state index in [1.54, 1.807) is 0 Å². The van der Waals surface area contributed by atoms with E-state index in [1.807, 2.05) is 11.8 Å². The van der Waals surface area contributed by atoms with Crippen LogP contribution in [0.15, 0.2) is 18.2 Å². The lowest BCUT2D eigenvalue weighted by Crippen LogP contribution is -2.09. The number of aryl methyl sites for hydroxylation is 1. The Balaban J connectivity index is 2.07. The molecular formula is C14H19N3S. The molecule has 18 heavy (non-hydrogen) atoms. The van der Waals surface area contributed by atoms with Crippen molar-refractivity contribution in [1.29, 1.82) is 0 Å². The highest BCUT2D eigenvalue weighted by molar-refractivity contribution is 7.99. The first-order chi connectivity index (χ1) is 8.70. The first-order valence-corrected chi connectivity index (χ1v) is 7.75. The zero-order valence-corrected chi connectivity index (χ0v) is 11.7. The minimum atomic E-state index is 0.522. The molecule has 3 rings (SSSR count). The van der Waals surface area contributed by atoms with Gasteiger partial charge in [0.1, 0.15) is 0 Å². The van der Waals surface area contributed by atoms with Crippen LogP contribution < -0.4 is 5.73 Å². The summed E-state index contributed by atoms with van der Waals surface area (Å²) >= 11 is 1.97. The summed E-state index contributed by atoms with van der Waals surface area (Å²) in [5, 5.41) is 0.775. The van der Waals surface area contributed by atoms with Crippen molar-refractivity contribution in [3.63, 3.8) is 0 Å². The van der Waals surface area contributed by atoms with Crippen LogP contribution in [-0.4, -0.2) is 21.1 Å². The number of nitrogen functional groups attached to an aromatic ring is 1. The molecule has 0 radical (unpaired) electrons. The minimum absolute atomic E-state index is 0.522. The minimum Gasteiger partial charge on any atom is -0.369 e. The van der Waals surface area contributed by atoms with Crippen LogP contribution >= 0.6 is 11.8 Å². The van der Waals surface area contributed by atoms with Crippen LogP contribution in [0.1, 0.15) is 30.9 Å². The lowest BCUT2D eigenvalue weighted by molar-refractivity contribution is 0.540. The zero-order chi connectivity index (χ0) is 12.7. The molecule has 1 saturated carbocycles. The van der Waals surface area contributed by atoms with Gasteiger partial charge in [-0.15, -0.1) is 0 Å². The molecule has 1 aliphatic carbocycles. The molecule has 0 bridgehead atoms. The van der Waals surface area contributed by atoms with Gasteiger partial charge in [0.15, 0.2) is 0 Å². The van der Waals surface area contributed by atoms with Crippen molar-refractivity contribution in [2.75, 3.05) is 12.0 Å². The number of rotatable bonds is 2. The molecule has 4 heteroatoms. The van der Waals surface area contributed by atoms with E-state index >= 15 is 0 Å². The van der Waals surface area contributed by atoms with Gasteiger partial charge in [0, 0.05) is 11.3 Å². The average molecular weight is 261 g/mol. The second-order valence-corrected chi connectivity index (χ2v) is 6.25. The Morgan fingerprint density at radius 1 is 1.39 bits per heavy atom. The number of thioether (sulfide) groups is 1. The number of hydrogen-bond acceptors (Lipinski definition) is 3. The van der Waals surface area contributed by atoms with Crippen molar-refractivity contribution >= 4 is 28.7 Å². The highest BCUT2D eigenvalue weighted by atomic mass is 32.2. The van der Waals surface area contributed by atoms with Crippen molar-refractivity contribution in [3.05, 3.63) is 23.8 Å². The van der Waals surface area contributed by atoms with E-state index in [-0.39, 0.29) is 0 Å². The first-order valence-electron chi connectivity index (χ1n) is 6.46. The standard InChI is InChI=1S/C14H19N3S/c1-9-4-3-5-12-13(9)16-14(15)17(12)10-6-7-11(8-10)18-2/h3-5,10-11H,6-8H2,1-2H3,(H2,15,16). The summed E-state index contributed by atoms with van der Waals surface area (Å²) in [6.45, 7) is 2.10. The Morgan fingerprint density at radius 3 is 2.94 bits per heavy atom. The van der Waals surface area contributed by atoms with Crippen LogP contribution in [0.3, 0.4) is 0 Å². The predicted molar refractivity (Wildman–Crippen MR) is 79.1 cm³/mol. The normalized spacial score (nSPS) is 23.9. The van der Waals surface area contributed by atoms with E-state index in [2.05, 4.69) is 40.9 Å². The number of anilines is 1. The number of aromatic nitrogens is 2. The van der Waals surface area contributed by atoms with E-state index in [4.69, 9.17) is 5.73 Å². The molecule has 0 aliphatic heterocycles. The second kappa shape index (κ2) is 4.50. The topological polar surface area (TPSA) is 43.8 Å². The van der Waals surface area contributed by atoms with Crippen LogP contribution in [0.5, 0.6) is 0 Å². The predicted octanol–water partition coefficient (Wildman–Crippen LogP) is 3.38. The molecule has 0 amide bonds. The van der Waals surface area contributed by atoms with Crippen LogP contribution in [-0.2, 0) is 0 Å². The number of nitrogens with two attached hydrogens (primary N) is 1. The number of imidazole rings is 1. The Hall–Kier alpha value is -1.16. The number of hydrogen-bond donors (Lipinski definition) is 1. The van der Waals surface area contributed by atoms with E-state index in [0.29, 0.717) is 12.0 Å². The zero-order valence-electron chi connectivity index (χ0n) is 10.9. The maximum absolute atomic E-state index is 6.13. The summed E-state index contributed by atoms with van der Waals surface area (Å²) in [5.74, 6) is 0.672. The fourth-order valence-electron chi connectivity index (χ4n) is 3.02. The van der Waals surface area contributed by atoms with Crippen LogP contribution in [0.25, 0.3) is 11.0 Å². The largest absolute Gasteiger partial charge is 0.369 e. The molecule has 1 fully saturated rings.